The molecule has 1 saturated heterocycles. The monoisotopic (exact) mass is 581 g/mol. The number of alkyl halides is 3. The van der Waals surface area contributed by atoms with Crippen LogP contribution in [0.25, 0.3) is 0 Å². The fourth-order valence-corrected chi connectivity index (χ4v) is 4.64. The molecule has 0 radical (unpaired) electrons. The van der Waals surface area contributed by atoms with Crippen LogP contribution in [0.1, 0.15) is 12.5 Å². The van der Waals surface area contributed by atoms with E-state index >= 15 is 0 Å². The van der Waals surface area contributed by atoms with Crippen LogP contribution in [0.15, 0.2) is 35.2 Å². The lowest BCUT2D eigenvalue weighted by Crippen LogP contribution is -2.74. The number of hydrogen-bond donors (Lipinski definition) is 1. The Morgan fingerprint density at radius 1 is 1.14 bits per heavy atom. The molecule has 2 amide bonds. The molecule has 194 valence electrons. The van der Waals surface area contributed by atoms with Crippen LogP contribution >= 0.6 is 46.6 Å². The molecule has 0 spiro atoms. The lowest BCUT2D eigenvalue weighted by molar-refractivity contribution is -0.384. The zero-order valence-electron chi connectivity index (χ0n) is 18.4. The minimum Gasteiger partial charge on any atom is -0.461 e. The van der Waals surface area contributed by atoms with Crippen molar-refractivity contribution in [2.75, 3.05) is 13.2 Å². The number of benzene rings is 1. The topological polar surface area (TPSA) is 154 Å². The van der Waals surface area contributed by atoms with Gasteiger partial charge in [-0.1, -0.05) is 34.8 Å². The predicted octanol–water partition coefficient (Wildman–Crippen LogP) is 2.83. The fraction of sp³-hybridized carbons (Fsp3) is 0.400. The second kappa shape index (κ2) is 11.5. The summed E-state index contributed by atoms with van der Waals surface area (Å²) >= 11 is 18.0. The normalized spacial score (nSPS) is 20.9. The molecule has 0 aliphatic carbocycles. The van der Waals surface area contributed by atoms with Crippen molar-refractivity contribution < 1.29 is 38.3 Å². The summed E-state index contributed by atoms with van der Waals surface area (Å²) in [5.41, 5.74) is 0.660. The molecule has 2 unspecified atom stereocenters. The van der Waals surface area contributed by atoms with Crippen molar-refractivity contribution in [2.45, 2.75) is 34.8 Å². The molecule has 12 nitrogen and oxygen atoms in total. The Morgan fingerprint density at radius 2 is 1.81 bits per heavy atom. The number of carbonyl (C=O) groups is 4. The number of carbonyl (C=O) groups excluding carboxylic acids is 4. The average molecular weight is 583 g/mol. The molecule has 0 saturated carbocycles. The van der Waals surface area contributed by atoms with Gasteiger partial charge >= 0.3 is 18.0 Å². The number of thioether (sulfide) groups is 1. The molecule has 2 aliphatic heterocycles. The molecular weight excluding hydrogens is 565 g/mol. The molecule has 2 heterocycles. The number of nitrogens with one attached hydrogen (secondary N) is 1. The highest BCUT2D eigenvalue weighted by atomic mass is 35.6. The zero-order valence-corrected chi connectivity index (χ0v) is 21.4. The third-order valence-corrected chi connectivity index (χ3v) is 6.45. The minimum absolute atomic E-state index is 0.110. The summed E-state index contributed by atoms with van der Waals surface area (Å²) in [6.45, 7) is 0.142. The van der Waals surface area contributed by atoms with Gasteiger partial charge < -0.3 is 24.4 Å². The number of alkyl carbamates (subject to hydrolysis) is 1. The maximum atomic E-state index is 12.9. The molecule has 36 heavy (non-hydrogen) atoms. The van der Waals surface area contributed by atoms with Crippen molar-refractivity contribution in [1.29, 1.82) is 0 Å². The first kappa shape index (κ1) is 27.8. The highest BCUT2D eigenvalue weighted by Crippen LogP contribution is 2.40. The molecule has 1 N–H and O–H groups in total. The third-order valence-electron chi connectivity index (χ3n) is 4.90. The molecule has 1 fully saturated rings. The van der Waals surface area contributed by atoms with Crippen molar-refractivity contribution >= 4 is 76.2 Å². The van der Waals surface area contributed by atoms with Gasteiger partial charge in [0.2, 0.25) is 9.70 Å². The highest BCUT2D eigenvalue weighted by molar-refractivity contribution is 8.02. The average Bonchev–Trinajstić information content (AvgIpc) is 2.82. The summed E-state index contributed by atoms with van der Waals surface area (Å²) in [6, 6.07) is 3.12. The molecule has 16 heteroatoms. The van der Waals surface area contributed by atoms with E-state index in [1.807, 2.05) is 0 Å². The summed E-state index contributed by atoms with van der Waals surface area (Å²) < 4.78 is 13.2. The van der Waals surface area contributed by atoms with Crippen molar-refractivity contribution in [1.82, 2.24) is 10.2 Å². The third kappa shape index (κ3) is 6.93. The van der Waals surface area contributed by atoms with Gasteiger partial charge in [0.25, 0.3) is 5.69 Å². The summed E-state index contributed by atoms with van der Waals surface area (Å²) in [6.07, 6.45) is -0.906. The Labute approximate surface area is 223 Å². The molecule has 0 aromatic heterocycles. The van der Waals surface area contributed by atoms with Gasteiger partial charge in [-0.3, -0.25) is 19.7 Å². The first-order valence-electron chi connectivity index (χ1n) is 10.1. The van der Waals surface area contributed by atoms with E-state index in [1.165, 1.54) is 41.5 Å². The summed E-state index contributed by atoms with van der Waals surface area (Å²) in [5.74, 6) is -2.11. The van der Waals surface area contributed by atoms with Gasteiger partial charge in [-0.05, 0) is 23.1 Å². The van der Waals surface area contributed by atoms with E-state index < -0.39 is 56.7 Å². The van der Waals surface area contributed by atoms with Crippen molar-refractivity contribution in [3.8, 4) is 0 Å². The standard InChI is InChI=1S/C20H18Cl3N3O9S/c1-10(27)33-7-12-8-36-17-14(16(28)25(17)15(12)18(29)35-9-20(21,22)23)24-19(30)34-6-11-2-4-13(5-3-11)26(31)32/h2-5,8,14-15,17H,6-7,9H2,1H3,(H,24,30)/t14?,15?,17-/m1/s1. The highest BCUT2D eigenvalue weighted by Gasteiger charge is 2.56. The molecule has 1 aromatic rings. The van der Waals surface area contributed by atoms with Crippen molar-refractivity contribution in [3.63, 3.8) is 0 Å². The smallest absolute Gasteiger partial charge is 0.408 e. The second-order valence-electron chi connectivity index (χ2n) is 7.49. The Kier molecular flexibility index (Phi) is 8.93. The molecular formula is C20H18Cl3N3O9S. The van der Waals surface area contributed by atoms with Crippen LogP contribution in [0.4, 0.5) is 10.5 Å². The molecule has 1 aromatic carbocycles. The number of ether oxygens (including phenoxy) is 3. The molecule has 3 rings (SSSR count). The number of nitro groups is 1. The number of non-ortho nitro benzene ring substituents is 1. The van der Waals surface area contributed by atoms with Crippen LogP contribution in [-0.4, -0.2) is 68.2 Å². The molecule has 0 bridgehead atoms. The molecule has 2 aliphatic rings. The largest absolute Gasteiger partial charge is 0.461 e. The van der Waals surface area contributed by atoms with Crippen LogP contribution in [0.2, 0.25) is 0 Å². The lowest BCUT2D eigenvalue weighted by Gasteiger charge is -2.51. The van der Waals surface area contributed by atoms with Gasteiger partial charge in [-0.25, -0.2) is 9.59 Å². The van der Waals surface area contributed by atoms with Crippen molar-refractivity contribution in [2.24, 2.45) is 0 Å². The summed E-state index contributed by atoms with van der Waals surface area (Å²) in [5, 5.41) is 14.0. The quantitative estimate of drug-likeness (QED) is 0.121. The number of rotatable bonds is 8. The second-order valence-corrected chi connectivity index (χ2v) is 11.0. The number of amides is 2. The Hall–Kier alpha value is -2.74. The van der Waals surface area contributed by atoms with E-state index in [1.54, 1.807) is 0 Å². The summed E-state index contributed by atoms with van der Waals surface area (Å²) in [7, 11) is 0. The van der Waals surface area contributed by atoms with E-state index in [-0.39, 0.29) is 24.5 Å². The maximum Gasteiger partial charge on any atom is 0.408 e. The molecule has 3 atom stereocenters. The number of halogens is 3. The SMILES string of the molecule is CC(=O)OCC1=CS[C@@H]2C(NC(=O)OCc3ccc([N+](=O)[O-])cc3)C(=O)N2C1C(=O)OCC(Cl)(Cl)Cl. The maximum absolute atomic E-state index is 12.9. The number of hydrogen-bond acceptors (Lipinski definition) is 10. The van der Waals surface area contributed by atoms with Gasteiger partial charge in [-0.15, -0.1) is 11.8 Å². The zero-order chi connectivity index (χ0) is 26.6. The lowest BCUT2D eigenvalue weighted by atomic mass is 9.98. The first-order valence-corrected chi connectivity index (χ1v) is 12.1. The predicted molar refractivity (Wildman–Crippen MR) is 128 cm³/mol. The fourth-order valence-electron chi connectivity index (χ4n) is 3.26. The van der Waals surface area contributed by atoms with E-state index in [2.05, 4.69) is 5.32 Å². The first-order chi connectivity index (χ1) is 16.9. The number of esters is 2. The Morgan fingerprint density at radius 3 is 2.39 bits per heavy atom. The van der Waals surface area contributed by atoms with Gasteiger partial charge in [0.05, 0.1) is 4.92 Å². The van der Waals surface area contributed by atoms with Crippen LogP contribution in [0.5, 0.6) is 0 Å². The number of nitro benzene ring substituents is 1. The van der Waals surface area contributed by atoms with E-state index in [0.717, 1.165) is 11.8 Å². The number of nitrogens with zero attached hydrogens (tertiary/aromatic N) is 2. The van der Waals surface area contributed by atoms with Crippen LogP contribution in [0.3, 0.4) is 0 Å². The number of β-lactam (4-membered cyclic amide) rings is 1. The van der Waals surface area contributed by atoms with Gasteiger partial charge in [0.1, 0.15) is 31.2 Å². The Bertz CT molecular complexity index is 1090. The van der Waals surface area contributed by atoms with Crippen LogP contribution in [-0.2, 0) is 35.2 Å². The van der Waals surface area contributed by atoms with Gasteiger partial charge in [-0.2, -0.15) is 0 Å². The van der Waals surface area contributed by atoms with E-state index in [9.17, 15) is 29.3 Å². The minimum atomic E-state index is -1.88. The van der Waals surface area contributed by atoms with Gasteiger partial charge in [0.15, 0.2) is 6.04 Å². The Balaban J connectivity index is 1.64. The van der Waals surface area contributed by atoms with Crippen LogP contribution < -0.4 is 5.32 Å². The number of fused-ring (bicyclic) bond motifs is 1. The van der Waals surface area contributed by atoms with E-state index in [0.29, 0.717) is 5.56 Å². The summed E-state index contributed by atoms with van der Waals surface area (Å²) in [4.78, 5) is 60.4. The van der Waals surface area contributed by atoms with Gasteiger partial charge in [0, 0.05) is 24.6 Å². The van der Waals surface area contributed by atoms with E-state index in [4.69, 9.17) is 49.0 Å². The van der Waals surface area contributed by atoms with Crippen LogP contribution in [0, 0.1) is 10.1 Å². The van der Waals surface area contributed by atoms with Crippen molar-refractivity contribution in [3.05, 3.63) is 50.9 Å².